The van der Waals surface area contributed by atoms with Gasteiger partial charge in [-0.15, -0.1) is 0 Å². The summed E-state index contributed by atoms with van der Waals surface area (Å²) in [7, 11) is 1.48. The summed E-state index contributed by atoms with van der Waals surface area (Å²) in [6.07, 6.45) is 1.60. The summed E-state index contributed by atoms with van der Waals surface area (Å²) >= 11 is 6.78. The maximum absolute atomic E-state index is 13.1. The first-order chi connectivity index (χ1) is 17.9. The fraction of sp³-hybridized carbons (Fsp3) is 0.0690. The molecule has 0 atom stereocenters. The highest BCUT2D eigenvalue weighted by Crippen LogP contribution is 2.36. The van der Waals surface area contributed by atoms with Gasteiger partial charge in [0.1, 0.15) is 0 Å². The summed E-state index contributed by atoms with van der Waals surface area (Å²) in [5, 5.41) is 1.92. The van der Waals surface area contributed by atoms with Gasteiger partial charge in [0.25, 0.3) is 11.1 Å². The highest BCUT2D eigenvalue weighted by molar-refractivity contribution is 8.18. The van der Waals surface area contributed by atoms with E-state index in [9.17, 15) is 14.4 Å². The van der Waals surface area contributed by atoms with Crippen LogP contribution in [0.15, 0.2) is 89.8 Å². The first kappa shape index (κ1) is 24.6. The molecule has 8 heteroatoms. The summed E-state index contributed by atoms with van der Waals surface area (Å²) in [5.74, 6) is -0.359. The Kier molecular flexibility index (Phi) is 6.99. The SMILES string of the molecule is COc1ccc(/C=C2\SC(=O)N(Cc3ccc(Cl)cc3)C2=O)cc1OC(=O)c1cccc2ccccc12. The van der Waals surface area contributed by atoms with Crippen molar-refractivity contribution in [3.63, 3.8) is 0 Å². The minimum absolute atomic E-state index is 0.148. The third-order valence-corrected chi connectivity index (χ3v) is 6.98. The molecule has 0 unspecified atom stereocenters. The number of esters is 1. The molecule has 0 aliphatic carbocycles. The number of rotatable bonds is 6. The van der Waals surface area contributed by atoms with Crippen molar-refractivity contribution in [3.8, 4) is 11.5 Å². The van der Waals surface area contributed by atoms with Crippen LogP contribution in [0.2, 0.25) is 5.02 Å². The predicted octanol–water partition coefficient (Wildman–Crippen LogP) is 6.96. The summed E-state index contributed by atoms with van der Waals surface area (Å²) in [5.41, 5.74) is 1.80. The molecule has 1 aliphatic heterocycles. The van der Waals surface area contributed by atoms with Crippen molar-refractivity contribution in [2.75, 3.05) is 7.11 Å². The second-order valence-electron chi connectivity index (χ2n) is 8.22. The van der Waals surface area contributed by atoms with E-state index in [1.807, 2.05) is 30.3 Å². The van der Waals surface area contributed by atoms with E-state index < -0.39 is 11.9 Å². The largest absolute Gasteiger partial charge is 0.493 e. The number of hydrogen-bond acceptors (Lipinski definition) is 6. The average molecular weight is 530 g/mol. The van der Waals surface area contributed by atoms with Gasteiger partial charge in [-0.1, -0.05) is 66.2 Å². The van der Waals surface area contributed by atoms with E-state index in [0.717, 1.165) is 28.1 Å². The first-order valence-electron chi connectivity index (χ1n) is 11.3. The Morgan fingerprint density at radius 2 is 1.70 bits per heavy atom. The van der Waals surface area contributed by atoms with Crippen LogP contribution in [0.3, 0.4) is 0 Å². The van der Waals surface area contributed by atoms with Crippen LogP contribution in [0.4, 0.5) is 4.79 Å². The van der Waals surface area contributed by atoms with E-state index in [4.69, 9.17) is 21.1 Å². The van der Waals surface area contributed by atoms with E-state index in [0.29, 0.717) is 21.9 Å². The third kappa shape index (κ3) is 5.23. The van der Waals surface area contributed by atoms with Gasteiger partial charge >= 0.3 is 5.97 Å². The van der Waals surface area contributed by atoms with E-state index in [2.05, 4.69) is 0 Å². The van der Waals surface area contributed by atoms with Gasteiger partial charge in [0, 0.05) is 5.02 Å². The van der Waals surface area contributed by atoms with Crippen LogP contribution >= 0.6 is 23.4 Å². The van der Waals surface area contributed by atoms with E-state index in [1.54, 1.807) is 60.7 Å². The average Bonchev–Trinajstić information content (AvgIpc) is 3.17. The number of hydrogen-bond donors (Lipinski definition) is 0. The summed E-state index contributed by atoms with van der Waals surface area (Å²) in [6.45, 7) is 0.148. The van der Waals surface area contributed by atoms with Gasteiger partial charge in [-0.3, -0.25) is 14.5 Å². The van der Waals surface area contributed by atoms with Gasteiger partial charge in [0.15, 0.2) is 11.5 Å². The van der Waals surface area contributed by atoms with E-state index in [1.165, 1.54) is 12.0 Å². The van der Waals surface area contributed by atoms with Crippen LogP contribution in [-0.2, 0) is 11.3 Å². The number of carbonyl (C=O) groups is 3. The van der Waals surface area contributed by atoms with Crippen molar-refractivity contribution in [1.29, 1.82) is 0 Å². The van der Waals surface area contributed by atoms with Gasteiger partial charge in [0.2, 0.25) is 0 Å². The quantitative estimate of drug-likeness (QED) is 0.153. The topological polar surface area (TPSA) is 72.9 Å². The van der Waals surface area contributed by atoms with Crippen molar-refractivity contribution >= 4 is 57.3 Å². The lowest BCUT2D eigenvalue weighted by atomic mass is 10.0. The molecule has 4 aromatic carbocycles. The van der Waals surface area contributed by atoms with Crippen LogP contribution in [0.5, 0.6) is 11.5 Å². The molecule has 1 saturated heterocycles. The van der Waals surface area contributed by atoms with Crippen LogP contribution in [0, 0.1) is 0 Å². The van der Waals surface area contributed by atoms with E-state index >= 15 is 0 Å². The van der Waals surface area contributed by atoms with Crippen LogP contribution in [0.1, 0.15) is 21.5 Å². The molecule has 0 bridgehead atoms. The molecule has 5 rings (SSSR count). The Balaban J connectivity index is 1.39. The lowest BCUT2D eigenvalue weighted by molar-refractivity contribution is -0.123. The normalized spacial score (nSPS) is 14.4. The smallest absolute Gasteiger partial charge is 0.344 e. The van der Waals surface area contributed by atoms with Gasteiger partial charge in [0.05, 0.1) is 24.1 Å². The summed E-state index contributed by atoms with van der Waals surface area (Å²) < 4.78 is 11.1. The zero-order valence-electron chi connectivity index (χ0n) is 19.6. The van der Waals surface area contributed by atoms with Gasteiger partial charge in [-0.25, -0.2) is 4.79 Å². The number of thioether (sulfide) groups is 1. The third-order valence-electron chi connectivity index (χ3n) is 5.83. The predicted molar refractivity (Wildman–Crippen MR) is 145 cm³/mol. The molecule has 0 radical (unpaired) electrons. The molecule has 1 aliphatic rings. The number of fused-ring (bicyclic) bond motifs is 1. The number of methoxy groups -OCH3 is 1. The number of benzene rings is 4. The van der Waals surface area contributed by atoms with Gasteiger partial charge in [-0.2, -0.15) is 0 Å². The van der Waals surface area contributed by atoms with Crippen molar-refractivity contribution in [3.05, 3.63) is 112 Å². The Hall–Kier alpha value is -4.07. The fourth-order valence-electron chi connectivity index (χ4n) is 3.98. The molecule has 1 fully saturated rings. The Morgan fingerprint density at radius 1 is 0.946 bits per heavy atom. The molecule has 0 N–H and O–H groups in total. The van der Waals surface area contributed by atoms with Crippen LogP contribution < -0.4 is 9.47 Å². The highest BCUT2D eigenvalue weighted by Gasteiger charge is 2.35. The molecule has 4 aromatic rings. The molecule has 0 aromatic heterocycles. The molecule has 1 heterocycles. The maximum Gasteiger partial charge on any atom is 0.344 e. The first-order valence-corrected chi connectivity index (χ1v) is 12.5. The maximum atomic E-state index is 13.1. The van der Waals surface area contributed by atoms with Gasteiger partial charge < -0.3 is 9.47 Å². The lowest BCUT2D eigenvalue weighted by Gasteiger charge is -2.12. The van der Waals surface area contributed by atoms with Gasteiger partial charge in [-0.05, 0) is 70.1 Å². The zero-order chi connectivity index (χ0) is 25.9. The number of ether oxygens (including phenoxy) is 2. The molecule has 6 nitrogen and oxygen atoms in total. The Labute approximate surface area is 222 Å². The number of amides is 2. The van der Waals surface area contributed by atoms with Crippen molar-refractivity contribution in [1.82, 2.24) is 4.90 Å². The standard InChI is InChI=1S/C29H20ClNO5S/c1-35-24-14-11-19(15-25(24)36-28(33)23-8-4-6-20-5-2-3-7-22(20)23)16-26-27(32)31(29(34)37-26)17-18-9-12-21(30)13-10-18/h2-16H,17H2,1H3/b26-16-. The molecule has 37 heavy (non-hydrogen) atoms. The zero-order valence-corrected chi connectivity index (χ0v) is 21.2. The minimum Gasteiger partial charge on any atom is -0.493 e. The molecular formula is C29H20ClNO5S. The van der Waals surface area contributed by atoms with Crippen molar-refractivity contribution < 1.29 is 23.9 Å². The number of halogens is 1. The minimum atomic E-state index is -0.532. The Bertz CT molecular complexity index is 1560. The van der Waals surface area contributed by atoms with Crippen molar-refractivity contribution in [2.24, 2.45) is 0 Å². The summed E-state index contributed by atoms with van der Waals surface area (Å²) in [4.78, 5) is 40.0. The molecule has 0 saturated carbocycles. The molecule has 184 valence electrons. The fourth-order valence-corrected chi connectivity index (χ4v) is 4.95. The Morgan fingerprint density at radius 3 is 2.49 bits per heavy atom. The second kappa shape index (κ2) is 10.5. The van der Waals surface area contributed by atoms with Crippen molar-refractivity contribution in [2.45, 2.75) is 6.54 Å². The second-order valence-corrected chi connectivity index (χ2v) is 9.65. The summed E-state index contributed by atoms with van der Waals surface area (Å²) in [6, 6.07) is 24.9. The van der Waals surface area contributed by atoms with Crippen LogP contribution in [-0.4, -0.2) is 29.1 Å². The monoisotopic (exact) mass is 529 g/mol. The molecule has 2 amide bonds. The van der Waals surface area contributed by atoms with E-state index in [-0.39, 0.29) is 22.4 Å². The molecule has 0 spiro atoms. The van der Waals surface area contributed by atoms with Crippen LogP contribution in [0.25, 0.3) is 16.8 Å². The number of imide groups is 1. The number of nitrogens with zero attached hydrogens (tertiary/aromatic N) is 1. The lowest BCUT2D eigenvalue weighted by Crippen LogP contribution is -2.27. The highest BCUT2D eigenvalue weighted by atomic mass is 35.5. The number of carbonyl (C=O) groups excluding carboxylic acids is 3. The molecular weight excluding hydrogens is 510 g/mol.